The Bertz CT molecular complexity index is 862. The van der Waals surface area contributed by atoms with Crippen LogP contribution in [0.25, 0.3) is 6.08 Å². The van der Waals surface area contributed by atoms with Gasteiger partial charge in [0.25, 0.3) is 0 Å². The minimum Gasteiger partial charge on any atom is -0.465 e. The first kappa shape index (κ1) is 19.9. The van der Waals surface area contributed by atoms with Crippen molar-refractivity contribution in [3.05, 3.63) is 65.4 Å². The zero-order valence-corrected chi connectivity index (χ0v) is 17.0. The zero-order valence-electron chi connectivity index (χ0n) is 17.0. The standard InChI is InChI=1S/C24H29FN2O2/c1-18(14-21-8-5-13-29-21)16-26-11-4-7-20-17-27(12-10-23(20)26)24(28)15-19-6-2-3-9-22(19)25/h2-3,5-6,8-9,13-14,20,23H,4,7,10-12,15-17H2,1H3/b18-14+/t20-,23+/m1/s1. The van der Waals surface area contributed by atoms with Crippen LogP contribution in [0.3, 0.4) is 0 Å². The van der Waals surface area contributed by atoms with Crippen LogP contribution in [0, 0.1) is 11.7 Å². The number of nitrogens with zero attached hydrogens (tertiary/aromatic N) is 2. The summed E-state index contributed by atoms with van der Waals surface area (Å²) in [6.45, 7) is 5.74. The first-order valence-corrected chi connectivity index (χ1v) is 10.6. The highest BCUT2D eigenvalue weighted by atomic mass is 19.1. The van der Waals surface area contributed by atoms with Crippen LogP contribution in [0.2, 0.25) is 0 Å². The van der Waals surface area contributed by atoms with Gasteiger partial charge in [0.15, 0.2) is 0 Å². The Morgan fingerprint density at radius 3 is 2.86 bits per heavy atom. The van der Waals surface area contributed by atoms with Crippen molar-refractivity contribution in [2.45, 2.75) is 38.6 Å². The predicted molar refractivity (Wildman–Crippen MR) is 112 cm³/mol. The van der Waals surface area contributed by atoms with Crippen LogP contribution in [0.1, 0.15) is 37.5 Å². The fourth-order valence-electron chi connectivity index (χ4n) is 4.83. The van der Waals surface area contributed by atoms with Crippen molar-refractivity contribution < 1.29 is 13.6 Å². The minimum absolute atomic E-state index is 0.0413. The fourth-order valence-corrected chi connectivity index (χ4v) is 4.83. The highest BCUT2D eigenvalue weighted by molar-refractivity contribution is 5.79. The molecule has 5 heteroatoms. The largest absolute Gasteiger partial charge is 0.465 e. The number of fused-ring (bicyclic) bond motifs is 1. The number of furan rings is 1. The number of rotatable bonds is 5. The summed E-state index contributed by atoms with van der Waals surface area (Å²) in [5, 5.41) is 0. The molecule has 0 spiro atoms. The Kier molecular flexibility index (Phi) is 6.14. The molecule has 1 amide bonds. The second-order valence-corrected chi connectivity index (χ2v) is 8.34. The van der Waals surface area contributed by atoms with E-state index in [2.05, 4.69) is 17.9 Å². The van der Waals surface area contributed by atoms with E-state index in [-0.39, 0.29) is 18.1 Å². The molecule has 29 heavy (non-hydrogen) atoms. The highest BCUT2D eigenvalue weighted by Crippen LogP contribution is 2.31. The Morgan fingerprint density at radius 2 is 2.07 bits per heavy atom. The van der Waals surface area contributed by atoms with Crippen molar-refractivity contribution in [1.82, 2.24) is 9.80 Å². The summed E-state index contributed by atoms with van der Waals surface area (Å²) < 4.78 is 19.3. The number of amides is 1. The van der Waals surface area contributed by atoms with Crippen LogP contribution >= 0.6 is 0 Å². The van der Waals surface area contributed by atoms with Gasteiger partial charge in [-0.05, 0) is 68.5 Å². The Balaban J connectivity index is 1.36. The second-order valence-electron chi connectivity index (χ2n) is 8.34. The highest BCUT2D eigenvalue weighted by Gasteiger charge is 2.37. The molecule has 0 bridgehead atoms. The number of benzene rings is 1. The van der Waals surface area contributed by atoms with Crippen molar-refractivity contribution in [3.63, 3.8) is 0 Å². The number of likely N-dealkylation sites (tertiary alicyclic amines) is 2. The van der Waals surface area contributed by atoms with E-state index in [9.17, 15) is 9.18 Å². The number of hydrogen-bond donors (Lipinski definition) is 0. The molecule has 2 aromatic rings. The third kappa shape index (κ3) is 4.78. The lowest BCUT2D eigenvalue weighted by Crippen LogP contribution is -2.55. The topological polar surface area (TPSA) is 36.7 Å². The normalized spacial score (nSPS) is 23.1. The summed E-state index contributed by atoms with van der Waals surface area (Å²) in [5.74, 6) is 1.14. The summed E-state index contributed by atoms with van der Waals surface area (Å²) in [5.41, 5.74) is 1.78. The minimum atomic E-state index is -0.293. The predicted octanol–water partition coefficient (Wildman–Crippen LogP) is 4.38. The summed E-state index contributed by atoms with van der Waals surface area (Å²) in [7, 11) is 0. The van der Waals surface area contributed by atoms with Crippen LogP contribution in [0.5, 0.6) is 0 Å². The third-order valence-electron chi connectivity index (χ3n) is 6.22. The average molecular weight is 397 g/mol. The fraction of sp³-hybridized carbons (Fsp3) is 0.458. The molecule has 2 atom stereocenters. The molecule has 2 saturated heterocycles. The molecule has 0 N–H and O–H groups in total. The van der Waals surface area contributed by atoms with E-state index in [1.54, 1.807) is 24.5 Å². The molecule has 0 aliphatic carbocycles. The van der Waals surface area contributed by atoms with Crippen LogP contribution < -0.4 is 0 Å². The number of carbonyl (C=O) groups is 1. The van der Waals surface area contributed by atoms with Crippen LogP contribution in [-0.4, -0.2) is 47.9 Å². The van der Waals surface area contributed by atoms with E-state index >= 15 is 0 Å². The average Bonchev–Trinajstić information content (AvgIpc) is 3.22. The van der Waals surface area contributed by atoms with Gasteiger partial charge in [-0.15, -0.1) is 0 Å². The van der Waals surface area contributed by atoms with Gasteiger partial charge >= 0.3 is 0 Å². The second kappa shape index (κ2) is 8.95. The van der Waals surface area contributed by atoms with Gasteiger partial charge in [0.2, 0.25) is 5.91 Å². The van der Waals surface area contributed by atoms with Crippen molar-refractivity contribution in [2.75, 3.05) is 26.2 Å². The van der Waals surface area contributed by atoms with Crippen LogP contribution in [0.4, 0.5) is 4.39 Å². The third-order valence-corrected chi connectivity index (χ3v) is 6.22. The molecule has 0 radical (unpaired) electrons. The molecule has 0 unspecified atom stereocenters. The SMILES string of the molecule is C/C(=C\c1ccco1)CN1CCC[C@@H]2CN(C(=O)Cc3ccccc3F)CC[C@@H]21. The Morgan fingerprint density at radius 1 is 1.21 bits per heavy atom. The summed E-state index contributed by atoms with van der Waals surface area (Å²) in [4.78, 5) is 17.3. The zero-order chi connectivity index (χ0) is 20.2. The van der Waals surface area contributed by atoms with Crippen molar-refractivity contribution in [3.8, 4) is 0 Å². The van der Waals surface area contributed by atoms with E-state index < -0.39 is 0 Å². The van der Waals surface area contributed by atoms with Crippen molar-refractivity contribution in [2.24, 2.45) is 5.92 Å². The van der Waals surface area contributed by atoms with Gasteiger partial charge in [0.1, 0.15) is 11.6 Å². The van der Waals surface area contributed by atoms with Gasteiger partial charge in [-0.3, -0.25) is 9.69 Å². The van der Waals surface area contributed by atoms with E-state index in [1.165, 1.54) is 11.6 Å². The van der Waals surface area contributed by atoms with E-state index in [4.69, 9.17) is 4.42 Å². The smallest absolute Gasteiger partial charge is 0.227 e. The number of hydrogen-bond acceptors (Lipinski definition) is 3. The molecule has 3 heterocycles. The first-order chi connectivity index (χ1) is 14.1. The number of piperidine rings is 2. The lowest BCUT2D eigenvalue weighted by molar-refractivity contribution is -0.134. The Hall–Kier alpha value is -2.40. The molecule has 0 saturated carbocycles. The van der Waals surface area contributed by atoms with E-state index in [0.717, 1.165) is 51.2 Å². The van der Waals surface area contributed by atoms with Gasteiger partial charge < -0.3 is 9.32 Å². The van der Waals surface area contributed by atoms with E-state index in [0.29, 0.717) is 17.5 Å². The molecule has 2 fully saturated rings. The molecule has 2 aliphatic rings. The van der Waals surface area contributed by atoms with Crippen LogP contribution in [0.15, 0.2) is 52.7 Å². The molecule has 4 nitrogen and oxygen atoms in total. The van der Waals surface area contributed by atoms with Gasteiger partial charge in [0, 0.05) is 25.7 Å². The molecular weight excluding hydrogens is 367 g/mol. The van der Waals surface area contributed by atoms with Gasteiger partial charge in [-0.2, -0.15) is 0 Å². The molecule has 1 aromatic heterocycles. The maximum atomic E-state index is 13.9. The summed E-state index contributed by atoms with van der Waals surface area (Å²) >= 11 is 0. The van der Waals surface area contributed by atoms with Crippen molar-refractivity contribution in [1.29, 1.82) is 0 Å². The molecule has 4 rings (SSSR count). The van der Waals surface area contributed by atoms with Gasteiger partial charge in [-0.1, -0.05) is 23.8 Å². The molecule has 1 aromatic carbocycles. The Labute approximate surface area is 172 Å². The van der Waals surface area contributed by atoms with Gasteiger partial charge in [0.05, 0.1) is 12.7 Å². The summed E-state index contributed by atoms with van der Waals surface area (Å²) in [6.07, 6.45) is 7.26. The molecule has 2 aliphatic heterocycles. The molecular formula is C24H29FN2O2. The first-order valence-electron chi connectivity index (χ1n) is 10.6. The lowest BCUT2D eigenvalue weighted by atomic mass is 9.83. The van der Waals surface area contributed by atoms with E-state index in [1.807, 2.05) is 17.0 Å². The maximum absolute atomic E-state index is 13.9. The number of carbonyl (C=O) groups excluding carboxylic acids is 1. The van der Waals surface area contributed by atoms with Crippen LogP contribution in [-0.2, 0) is 11.2 Å². The van der Waals surface area contributed by atoms with Crippen molar-refractivity contribution >= 4 is 12.0 Å². The monoisotopic (exact) mass is 396 g/mol. The quantitative estimate of drug-likeness (QED) is 0.753. The number of halogens is 1. The molecule has 154 valence electrons. The van der Waals surface area contributed by atoms with Gasteiger partial charge in [-0.25, -0.2) is 4.39 Å². The lowest BCUT2D eigenvalue weighted by Gasteiger charge is -2.47. The summed E-state index contributed by atoms with van der Waals surface area (Å²) in [6, 6.07) is 11.0. The maximum Gasteiger partial charge on any atom is 0.227 e.